The van der Waals surface area contributed by atoms with Crippen LogP contribution in [0.3, 0.4) is 0 Å². The Morgan fingerprint density at radius 3 is 2.59 bits per heavy atom. The van der Waals surface area contributed by atoms with Crippen LogP contribution in [-0.4, -0.2) is 49.0 Å². The molecule has 0 aliphatic carbocycles. The molecule has 2 aromatic heterocycles. The van der Waals surface area contributed by atoms with Crippen molar-refractivity contribution in [3.63, 3.8) is 0 Å². The van der Waals surface area contributed by atoms with E-state index in [1.807, 2.05) is 43.0 Å². The third kappa shape index (κ3) is 4.22. The molecule has 1 amide bonds. The Kier molecular flexibility index (Phi) is 5.71. The quantitative estimate of drug-likeness (QED) is 0.461. The summed E-state index contributed by atoms with van der Waals surface area (Å²) >= 11 is 1.33. The van der Waals surface area contributed by atoms with Crippen molar-refractivity contribution in [2.24, 2.45) is 0 Å². The highest BCUT2D eigenvalue weighted by Gasteiger charge is 2.20. The highest BCUT2D eigenvalue weighted by atomic mass is 32.2. The highest BCUT2D eigenvalue weighted by molar-refractivity contribution is 7.99. The second kappa shape index (κ2) is 8.41. The molecular weight excluding hydrogens is 386 g/mol. The lowest BCUT2D eigenvalue weighted by Crippen LogP contribution is -2.30. The van der Waals surface area contributed by atoms with E-state index in [1.54, 1.807) is 15.4 Å². The van der Waals surface area contributed by atoms with Gasteiger partial charge in [-0.2, -0.15) is 5.10 Å². The Morgan fingerprint density at radius 2 is 1.90 bits per heavy atom. The molecule has 1 aliphatic rings. The van der Waals surface area contributed by atoms with Gasteiger partial charge in [-0.05, 0) is 32.3 Å². The van der Waals surface area contributed by atoms with Gasteiger partial charge in [0.15, 0.2) is 10.7 Å². The molecule has 0 unspecified atom stereocenters. The van der Waals surface area contributed by atoms with Gasteiger partial charge in [0.2, 0.25) is 5.91 Å². The minimum atomic E-state index is -0.168. The fourth-order valence-corrected chi connectivity index (χ4v) is 4.40. The van der Waals surface area contributed by atoms with Gasteiger partial charge < -0.3 is 4.90 Å². The molecule has 1 aliphatic heterocycles. The lowest BCUT2D eigenvalue weighted by atomic mass is 10.1. The molecule has 152 valence electrons. The van der Waals surface area contributed by atoms with E-state index in [4.69, 9.17) is 0 Å². The predicted octanol–water partition coefficient (Wildman–Crippen LogP) is 2.68. The molecule has 29 heavy (non-hydrogen) atoms. The van der Waals surface area contributed by atoms with Crippen LogP contribution in [0.25, 0.3) is 11.0 Å². The fraction of sp³-hybridized carbons (Fsp3) is 0.429. The molecule has 1 saturated heterocycles. The number of hydrogen-bond donors (Lipinski definition) is 0. The smallest absolute Gasteiger partial charge is 0.282 e. The van der Waals surface area contributed by atoms with E-state index in [2.05, 4.69) is 10.1 Å². The number of hydrogen-bond acceptors (Lipinski definition) is 5. The fourth-order valence-electron chi connectivity index (χ4n) is 3.49. The van der Waals surface area contributed by atoms with Crippen LogP contribution in [0.1, 0.15) is 30.9 Å². The third-order valence-electron chi connectivity index (χ3n) is 5.21. The number of aromatic nitrogens is 4. The van der Waals surface area contributed by atoms with Gasteiger partial charge in [-0.1, -0.05) is 41.6 Å². The van der Waals surface area contributed by atoms with Crippen molar-refractivity contribution in [1.82, 2.24) is 24.2 Å². The summed E-state index contributed by atoms with van der Waals surface area (Å²) in [6, 6.07) is 8.09. The second-order valence-corrected chi connectivity index (χ2v) is 8.31. The molecule has 0 radical (unpaired) electrons. The molecule has 3 aromatic rings. The van der Waals surface area contributed by atoms with E-state index in [-0.39, 0.29) is 17.2 Å². The number of likely N-dealkylation sites (tertiary alicyclic amines) is 1. The van der Waals surface area contributed by atoms with Crippen LogP contribution in [0.4, 0.5) is 0 Å². The van der Waals surface area contributed by atoms with E-state index in [9.17, 15) is 9.59 Å². The molecule has 1 aromatic carbocycles. The summed E-state index contributed by atoms with van der Waals surface area (Å²) in [5.74, 6) is 0.390. The topological polar surface area (TPSA) is 73.0 Å². The van der Waals surface area contributed by atoms with Crippen LogP contribution in [0.15, 0.2) is 40.4 Å². The SMILES string of the molecule is CCn1cc2nc(SCC(=O)N3CCCC3)n(Cc3ccc(C)cc3)c(=O)c2n1. The Bertz CT molecular complexity index is 1080. The zero-order valence-corrected chi connectivity index (χ0v) is 17.6. The minimum Gasteiger partial charge on any atom is -0.342 e. The van der Waals surface area contributed by atoms with Crippen molar-refractivity contribution < 1.29 is 4.79 Å². The van der Waals surface area contributed by atoms with Crippen molar-refractivity contribution in [1.29, 1.82) is 0 Å². The summed E-state index contributed by atoms with van der Waals surface area (Å²) in [5, 5.41) is 4.94. The lowest BCUT2D eigenvalue weighted by molar-refractivity contribution is -0.127. The van der Waals surface area contributed by atoms with Gasteiger partial charge in [-0.3, -0.25) is 18.8 Å². The number of carbonyl (C=O) groups is 1. The van der Waals surface area contributed by atoms with Gasteiger partial charge >= 0.3 is 0 Å². The van der Waals surface area contributed by atoms with Gasteiger partial charge in [0.1, 0.15) is 5.52 Å². The Labute approximate surface area is 173 Å². The highest BCUT2D eigenvalue weighted by Crippen LogP contribution is 2.20. The van der Waals surface area contributed by atoms with Crippen molar-refractivity contribution in [2.75, 3.05) is 18.8 Å². The van der Waals surface area contributed by atoms with Crippen molar-refractivity contribution in [3.05, 3.63) is 51.9 Å². The maximum absolute atomic E-state index is 13.2. The first-order valence-corrected chi connectivity index (χ1v) is 11.0. The Morgan fingerprint density at radius 1 is 1.17 bits per heavy atom. The van der Waals surface area contributed by atoms with Gasteiger partial charge in [0.05, 0.1) is 18.5 Å². The summed E-state index contributed by atoms with van der Waals surface area (Å²) < 4.78 is 3.36. The Balaban J connectivity index is 1.68. The average Bonchev–Trinajstić information content (AvgIpc) is 3.40. The van der Waals surface area contributed by atoms with Crippen molar-refractivity contribution >= 4 is 28.7 Å². The van der Waals surface area contributed by atoms with E-state index in [1.165, 1.54) is 17.3 Å². The van der Waals surface area contributed by atoms with Crippen molar-refractivity contribution in [2.45, 2.75) is 44.9 Å². The van der Waals surface area contributed by atoms with Crippen LogP contribution in [-0.2, 0) is 17.9 Å². The molecule has 0 bridgehead atoms. The maximum atomic E-state index is 13.2. The van der Waals surface area contributed by atoms with Crippen molar-refractivity contribution in [3.8, 4) is 0 Å². The maximum Gasteiger partial charge on any atom is 0.282 e. The number of thioether (sulfide) groups is 1. The normalized spacial score (nSPS) is 14.1. The second-order valence-electron chi connectivity index (χ2n) is 7.37. The summed E-state index contributed by atoms with van der Waals surface area (Å²) in [6.45, 7) is 6.73. The average molecular weight is 412 g/mol. The van der Waals surface area contributed by atoms with Crippen LogP contribution in [0, 0.1) is 6.92 Å². The number of nitrogens with zero attached hydrogens (tertiary/aromatic N) is 5. The van der Waals surface area contributed by atoms with Gasteiger partial charge in [0.25, 0.3) is 5.56 Å². The van der Waals surface area contributed by atoms with Crippen LogP contribution in [0.5, 0.6) is 0 Å². The lowest BCUT2D eigenvalue weighted by Gasteiger charge is -2.16. The first-order valence-electron chi connectivity index (χ1n) is 9.99. The van der Waals surface area contributed by atoms with Gasteiger partial charge in [0, 0.05) is 19.6 Å². The number of fused-ring (bicyclic) bond motifs is 1. The van der Waals surface area contributed by atoms with Crippen LogP contribution < -0.4 is 5.56 Å². The number of benzene rings is 1. The minimum absolute atomic E-state index is 0.105. The third-order valence-corrected chi connectivity index (χ3v) is 6.17. The zero-order chi connectivity index (χ0) is 20.4. The molecule has 0 atom stereocenters. The number of amides is 1. The van der Waals surface area contributed by atoms with Crippen LogP contribution >= 0.6 is 11.8 Å². The molecular formula is C21H25N5O2S. The summed E-state index contributed by atoms with van der Waals surface area (Å²) in [6.07, 6.45) is 3.92. The first-order chi connectivity index (χ1) is 14.0. The van der Waals surface area contributed by atoms with Gasteiger partial charge in [-0.25, -0.2) is 4.98 Å². The Hall–Kier alpha value is -2.61. The molecule has 3 heterocycles. The summed E-state index contributed by atoms with van der Waals surface area (Å²) in [7, 11) is 0. The summed E-state index contributed by atoms with van der Waals surface area (Å²) in [5.41, 5.74) is 2.96. The number of carbonyl (C=O) groups excluding carboxylic acids is 1. The molecule has 8 heteroatoms. The summed E-state index contributed by atoms with van der Waals surface area (Å²) in [4.78, 5) is 32.3. The van der Waals surface area contributed by atoms with Gasteiger partial charge in [-0.15, -0.1) is 0 Å². The number of aryl methyl sites for hydroxylation is 2. The molecule has 0 spiro atoms. The zero-order valence-electron chi connectivity index (χ0n) is 16.8. The molecule has 7 nitrogen and oxygen atoms in total. The van der Waals surface area contributed by atoms with E-state index < -0.39 is 0 Å². The molecule has 1 fully saturated rings. The van der Waals surface area contributed by atoms with E-state index in [0.717, 1.165) is 31.5 Å². The van der Waals surface area contributed by atoms with E-state index >= 15 is 0 Å². The van der Waals surface area contributed by atoms with Crippen LogP contribution in [0.2, 0.25) is 0 Å². The standard InChI is InChI=1S/C21H25N5O2S/c1-3-25-13-17-19(23-25)20(28)26(12-16-8-6-15(2)7-9-16)21(22-17)29-14-18(27)24-10-4-5-11-24/h6-9,13H,3-5,10-12,14H2,1-2H3. The largest absolute Gasteiger partial charge is 0.342 e. The molecule has 0 N–H and O–H groups in total. The molecule has 0 saturated carbocycles. The number of rotatable bonds is 6. The first kappa shape index (κ1) is 19.7. The molecule has 4 rings (SSSR count). The van der Waals surface area contributed by atoms with E-state index in [0.29, 0.717) is 29.3 Å². The predicted molar refractivity (Wildman–Crippen MR) is 114 cm³/mol. The monoisotopic (exact) mass is 411 g/mol.